The summed E-state index contributed by atoms with van der Waals surface area (Å²) in [7, 11) is 0. The zero-order chi connectivity index (χ0) is 26.0. The van der Waals surface area contributed by atoms with Crippen molar-refractivity contribution in [2.24, 2.45) is 23.3 Å². The van der Waals surface area contributed by atoms with Gasteiger partial charge in [-0.2, -0.15) is 0 Å². The van der Waals surface area contributed by atoms with E-state index in [0.29, 0.717) is 25.1 Å². The Bertz CT molecular complexity index is 958. The highest BCUT2D eigenvalue weighted by molar-refractivity contribution is 6.47. The molecule has 0 radical (unpaired) electrons. The maximum Gasteiger partial charge on any atom is 0.220 e. The molecule has 0 spiro atoms. The highest BCUT2D eigenvalue weighted by atomic mass is 35.5. The molecule has 0 unspecified atom stereocenters. The van der Waals surface area contributed by atoms with E-state index >= 15 is 0 Å². The Kier molecular flexibility index (Phi) is 12.6. The van der Waals surface area contributed by atoms with Crippen LogP contribution in [-0.2, 0) is 9.59 Å². The Morgan fingerprint density at radius 2 is 1.14 bits per heavy atom. The van der Waals surface area contributed by atoms with E-state index in [4.69, 9.17) is 69.5 Å². The predicted octanol–water partition coefficient (Wildman–Crippen LogP) is 4.60. The number of hydrogen-bond acceptors (Lipinski definition) is 6. The molecule has 2 saturated heterocycles. The number of piperidine rings is 2. The average molecular weight is 585 g/mol. The number of carbonyl (C=O) groups excluding carboxylic acids is 2. The molecule has 2 aromatic heterocycles. The second-order valence-electron chi connectivity index (χ2n) is 7.96. The number of halogens is 5. The summed E-state index contributed by atoms with van der Waals surface area (Å²) in [6.45, 7) is 3.34. The van der Waals surface area contributed by atoms with Crippen molar-refractivity contribution in [1.29, 1.82) is 0 Å². The summed E-state index contributed by atoms with van der Waals surface area (Å²) in [4.78, 5) is 31.3. The minimum absolute atomic E-state index is 0.0364. The van der Waals surface area contributed by atoms with Crippen molar-refractivity contribution in [3.63, 3.8) is 0 Å². The number of anilines is 1. The van der Waals surface area contributed by atoms with Crippen LogP contribution in [0.15, 0.2) is 24.8 Å². The lowest BCUT2D eigenvalue weighted by molar-refractivity contribution is -0.123. The molecule has 0 bridgehead atoms. The van der Waals surface area contributed by atoms with Crippen LogP contribution in [0.4, 0.5) is 5.69 Å². The van der Waals surface area contributed by atoms with Crippen molar-refractivity contribution in [3.05, 3.63) is 49.9 Å². The molecular weight excluding hydrogens is 558 g/mol. The van der Waals surface area contributed by atoms with E-state index in [1.165, 1.54) is 12.4 Å². The molecule has 192 valence electrons. The maximum atomic E-state index is 11.1. The van der Waals surface area contributed by atoms with Gasteiger partial charge in [-0.3, -0.25) is 19.6 Å². The van der Waals surface area contributed by atoms with Gasteiger partial charge in [0.05, 0.1) is 30.8 Å². The number of primary amides is 2. The van der Waals surface area contributed by atoms with Crippen LogP contribution in [0.5, 0.6) is 0 Å². The van der Waals surface area contributed by atoms with Gasteiger partial charge >= 0.3 is 0 Å². The molecule has 13 heteroatoms. The van der Waals surface area contributed by atoms with E-state index in [1.54, 1.807) is 12.4 Å². The molecule has 0 aliphatic carbocycles. The smallest absolute Gasteiger partial charge is 0.220 e. The molecule has 2 fully saturated rings. The largest absolute Gasteiger partial charge is 0.369 e. The number of nitrogens with two attached hydrogens (primary N) is 2. The number of pyridine rings is 2. The van der Waals surface area contributed by atoms with Gasteiger partial charge in [-0.15, -0.1) is 0 Å². The minimum atomic E-state index is -0.225. The van der Waals surface area contributed by atoms with Gasteiger partial charge in [0.25, 0.3) is 0 Å². The molecule has 2 aromatic rings. The number of hydrogen-bond donors (Lipinski definition) is 3. The normalized spacial score (nSPS) is 16.4. The fraction of sp³-hybridized carbons (Fsp3) is 0.455. The van der Waals surface area contributed by atoms with Gasteiger partial charge in [0.1, 0.15) is 0 Å². The molecule has 2 amide bonds. The first-order valence-corrected chi connectivity index (χ1v) is 12.8. The second kappa shape index (κ2) is 14.9. The van der Waals surface area contributed by atoms with Crippen molar-refractivity contribution >= 4 is 75.5 Å². The SMILES string of the molecule is Clc1cncc(Cl)c1Cl.NC(=O)C1CCN(c2c(Cl)cncc2Cl)CC1.NC(=O)C1CCNCC1. The summed E-state index contributed by atoms with van der Waals surface area (Å²) in [6, 6.07) is 0. The number of nitrogens with one attached hydrogen (secondary N) is 1. The first kappa shape index (κ1) is 29.7. The lowest BCUT2D eigenvalue weighted by Gasteiger charge is -2.33. The summed E-state index contributed by atoms with van der Waals surface area (Å²) in [6.07, 6.45) is 9.33. The molecule has 0 atom stereocenters. The zero-order valence-corrected chi connectivity index (χ0v) is 22.6. The van der Waals surface area contributed by atoms with Gasteiger partial charge in [0.15, 0.2) is 0 Å². The Morgan fingerprint density at radius 1 is 0.743 bits per heavy atom. The van der Waals surface area contributed by atoms with Crippen LogP contribution in [0, 0.1) is 11.8 Å². The summed E-state index contributed by atoms with van der Waals surface area (Å²) < 4.78 is 0. The van der Waals surface area contributed by atoms with Gasteiger partial charge in [0.2, 0.25) is 11.8 Å². The molecule has 0 saturated carbocycles. The number of amides is 2. The first-order valence-electron chi connectivity index (χ1n) is 10.9. The highest BCUT2D eigenvalue weighted by Gasteiger charge is 2.25. The quantitative estimate of drug-likeness (QED) is 0.484. The van der Waals surface area contributed by atoms with Crippen LogP contribution in [0.2, 0.25) is 25.1 Å². The van der Waals surface area contributed by atoms with Crippen molar-refractivity contribution in [2.75, 3.05) is 31.1 Å². The third-order valence-electron chi connectivity index (χ3n) is 5.58. The maximum absolute atomic E-state index is 11.1. The molecule has 4 heterocycles. The Labute approximate surface area is 229 Å². The van der Waals surface area contributed by atoms with Gasteiger partial charge < -0.3 is 21.7 Å². The Morgan fingerprint density at radius 3 is 1.51 bits per heavy atom. The molecule has 2 aliphatic rings. The molecule has 2 aliphatic heterocycles. The van der Waals surface area contributed by atoms with Crippen molar-refractivity contribution in [2.45, 2.75) is 25.7 Å². The molecule has 8 nitrogen and oxygen atoms in total. The average Bonchev–Trinajstić information content (AvgIpc) is 2.84. The second-order valence-corrected chi connectivity index (χ2v) is 9.97. The van der Waals surface area contributed by atoms with E-state index in [9.17, 15) is 9.59 Å². The Hall–Kier alpha value is -1.55. The van der Waals surface area contributed by atoms with Gasteiger partial charge in [0, 0.05) is 49.7 Å². The molecule has 0 aromatic carbocycles. The summed E-state index contributed by atoms with van der Waals surface area (Å²) in [5.41, 5.74) is 11.2. The molecule has 35 heavy (non-hydrogen) atoms. The van der Waals surface area contributed by atoms with Crippen LogP contribution in [0.1, 0.15) is 25.7 Å². The van der Waals surface area contributed by atoms with E-state index in [2.05, 4.69) is 20.2 Å². The van der Waals surface area contributed by atoms with Crippen molar-refractivity contribution < 1.29 is 9.59 Å². The van der Waals surface area contributed by atoms with E-state index in [1.807, 2.05) is 0 Å². The van der Waals surface area contributed by atoms with Crippen LogP contribution >= 0.6 is 58.0 Å². The minimum Gasteiger partial charge on any atom is -0.369 e. The number of rotatable bonds is 3. The van der Waals surface area contributed by atoms with Gasteiger partial charge in [-0.05, 0) is 38.8 Å². The third-order valence-corrected chi connectivity index (χ3v) is 7.31. The van der Waals surface area contributed by atoms with Crippen molar-refractivity contribution in [3.8, 4) is 0 Å². The summed E-state index contributed by atoms with van der Waals surface area (Å²) >= 11 is 28.8. The summed E-state index contributed by atoms with van der Waals surface area (Å²) in [5, 5.41) is 5.35. The fourth-order valence-electron chi connectivity index (χ4n) is 3.60. The number of nitrogens with zero attached hydrogens (tertiary/aromatic N) is 3. The lowest BCUT2D eigenvalue weighted by Crippen LogP contribution is -2.38. The fourth-order valence-corrected chi connectivity index (χ4v) is 4.66. The number of aromatic nitrogens is 2. The van der Waals surface area contributed by atoms with Gasteiger partial charge in [-0.25, -0.2) is 0 Å². The third kappa shape index (κ3) is 9.44. The van der Waals surface area contributed by atoms with Crippen LogP contribution in [-0.4, -0.2) is 48.0 Å². The first-order chi connectivity index (χ1) is 16.6. The van der Waals surface area contributed by atoms with Crippen LogP contribution < -0.4 is 21.7 Å². The summed E-state index contributed by atoms with van der Waals surface area (Å²) in [5.74, 6) is -0.273. The van der Waals surface area contributed by atoms with E-state index < -0.39 is 0 Å². The molecule has 5 N–H and O–H groups in total. The lowest BCUT2D eigenvalue weighted by atomic mass is 9.96. The Balaban J connectivity index is 0.000000203. The van der Waals surface area contributed by atoms with Crippen molar-refractivity contribution in [1.82, 2.24) is 15.3 Å². The monoisotopic (exact) mass is 582 g/mol. The van der Waals surface area contributed by atoms with E-state index in [-0.39, 0.29) is 23.7 Å². The highest BCUT2D eigenvalue weighted by Crippen LogP contribution is 2.35. The zero-order valence-electron chi connectivity index (χ0n) is 18.8. The topological polar surface area (TPSA) is 127 Å². The van der Waals surface area contributed by atoms with Crippen LogP contribution in [0.3, 0.4) is 0 Å². The molecule has 4 rings (SSSR count). The number of carbonyl (C=O) groups is 2. The van der Waals surface area contributed by atoms with Crippen LogP contribution in [0.25, 0.3) is 0 Å². The standard InChI is InChI=1S/C11H13Cl2N3O.C6H12N2O.C5H2Cl3N/c12-8-5-15-6-9(13)10(8)16-3-1-7(2-4-16)11(14)17;7-6(9)5-1-3-8-4-2-5;6-3-1-9-2-4(7)5(3)8/h5-7H,1-4H2,(H2,14,17);5,8H,1-4H2,(H2,7,9);1-2H. The van der Waals surface area contributed by atoms with E-state index in [0.717, 1.165) is 57.5 Å². The molecular formula is C22H27Cl5N6O2. The predicted molar refractivity (Wildman–Crippen MR) is 142 cm³/mol. The van der Waals surface area contributed by atoms with Gasteiger partial charge in [-0.1, -0.05) is 58.0 Å².